The van der Waals surface area contributed by atoms with Gasteiger partial charge in [0.1, 0.15) is 30.1 Å². The Labute approximate surface area is 113 Å². The Balaban J connectivity index is 2.03. The Hall–Kier alpha value is -1.94. The van der Waals surface area contributed by atoms with Crippen molar-refractivity contribution in [3.05, 3.63) is 11.8 Å². The summed E-state index contributed by atoms with van der Waals surface area (Å²) in [5.41, 5.74) is 12.7. The van der Waals surface area contributed by atoms with Crippen LogP contribution in [0.25, 0.3) is 11.4 Å². The molecule has 8 N–H and O–H groups in total. The van der Waals surface area contributed by atoms with E-state index in [2.05, 4.69) is 15.0 Å². The van der Waals surface area contributed by atoms with Crippen LogP contribution in [0.5, 0.6) is 0 Å². The third kappa shape index (κ3) is 1.79. The molecule has 108 valence electrons. The smallest absolute Gasteiger partial charge is 0.199 e. The molecule has 3 rings (SSSR count). The lowest BCUT2D eigenvalue weighted by Crippen LogP contribution is -2.32. The van der Waals surface area contributed by atoms with E-state index in [0.717, 1.165) is 0 Å². The molecule has 3 aliphatic heterocycles. The van der Waals surface area contributed by atoms with Crippen LogP contribution in [0.4, 0.5) is 11.8 Å². The summed E-state index contributed by atoms with van der Waals surface area (Å²) in [4.78, 5) is 10.8. The zero-order chi connectivity index (χ0) is 14.4. The van der Waals surface area contributed by atoms with Crippen LogP contribution < -0.4 is 11.5 Å². The summed E-state index contributed by atoms with van der Waals surface area (Å²) < 4.78 is 5.46. The van der Waals surface area contributed by atoms with Crippen molar-refractivity contribution in [2.24, 2.45) is 0 Å². The van der Waals surface area contributed by atoms with Crippen molar-refractivity contribution in [1.29, 1.82) is 0 Å². The number of aliphatic hydroxyl groups excluding tert-OH is 3. The summed E-state index contributed by atoms with van der Waals surface area (Å²) in [7, 11) is 0. The Morgan fingerprint density at radius 1 is 1.30 bits per heavy atom. The molecule has 0 radical (unpaired) electrons. The number of nitrogens with one attached hydrogen (secondary N) is 1. The molecule has 0 spiro atoms. The first-order chi connectivity index (χ1) is 9.52. The average molecular weight is 281 g/mol. The molecule has 9 nitrogen and oxygen atoms in total. The van der Waals surface area contributed by atoms with Gasteiger partial charge in [0, 0.05) is 11.8 Å². The fourth-order valence-electron chi connectivity index (χ4n) is 2.44. The molecule has 0 aromatic carbocycles. The second-order valence-corrected chi connectivity index (χ2v) is 4.70. The zero-order valence-corrected chi connectivity index (χ0v) is 10.4. The van der Waals surface area contributed by atoms with Gasteiger partial charge in [0.25, 0.3) is 0 Å². The highest BCUT2D eigenvalue weighted by molar-refractivity contribution is 5.73. The van der Waals surface area contributed by atoms with Gasteiger partial charge >= 0.3 is 0 Å². The third-order valence-corrected chi connectivity index (χ3v) is 3.44. The number of nitrogens with two attached hydrogens (primary N) is 2. The van der Waals surface area contributed by atoms with Crippen molar-refractivity contribution < 1.29 is 20.1 Å². The van der Waals surface area contributed by atoms with E-state index in [-0.39, 0.29) is 11.8 Å². The Kier molecular flexibility index (Phi) is 2.98. The van der Waals surface area contributed by atoms with E-state index >= 15 is 0 Å². The van der Waals surface area contributed by atoms with Crippen LogP contribution in [0.2, 0.25) is 0 Å². The lowest BCUT2D eigenvalue weighted by molar-refractivity contribution is -0.0226. The Morgan fingerprint density at radius 3 is 2.70 bits per heavy atom. The first kappa shape index (κ1) is 13.1. The maximum absolute atomic E-state index is 10.0. The quantitative estimate of drug-likeness (QED) is 0.376. The van der Waals surface area contributed by atoms with Crippen LogP contribution in [-0.4, -0.2) is 55.2 Å². The van der Waals surface area contributed by atoms with Crippen LogP contribution in [0.15, 0.2) is 6.20 Å². The molecular formula is C11H15N5O4. The molecule has 0 bridgehead atoms. The summed E-state index contributed by atoms with van der Waals surface area (Å²) in [5.74, 6) is 0.269. The summed E-state index contributed by atoms with van der Waals surface area (Å²) >= 11 is 0. The minimum Gasteiger partial charge on any atom is -0.394 e. The van der Waals surface area contributed by atoms with Gasteiger partial charge in [-0.1, -0.05) is 0 Å². The average Bonchev–Trinajstić information content (AvgIpc) is 2.93. The van der Waals surface area contributed by atoms with Crippen LogP contribution in [0, 0.1) is 0 Å². The number of aliphatic hydroxyl groups is 3. The van der Waals surface area contributed by atoms with Gasteiger partial charge in [-0.2, -0.15) is 4.98 Å². The second kappa shape index (κ2) is 4.56. The van der Waals surface area contributed by atoms with Gasteiger partial charge in [-0.05, 0) is 0 Å². The number of nitrogens with zero attached hydrogens (tertiary/aromatic N) is 2. The SMILES string of the molecule is Nc1nc(N)c2ncc([C@@H]3O[C@H](CO)[C@@H](O)[C@H]3O)c-2[nH]1. The van der Waals surface area contributed by atoms with Crippen LogP contribution in [0.1, 0.15) is 11.7 Å². The molecule has 0 aromatic heterocycles. The monoisotopic (exact) mass is 281 g/mol. The highest BCUT2D eigenvalue weighted by atomic mass is 16.6. The Bertz CT molecular complexity index is 603. The lowest BCUT2D eigenvalue weighted by atomic mass is 10.0. The normalized spacial score (nSPS) is 30.1. The maximum Gasteiger partial charge on any atom is 0.199 e. The molecule has 9 heteroatoms. The number of hydrogen-bond acceptors (Lipinski definition) is 8. The fourth-order valence-corrected chi connectivity index (χ4v) is 2.44. The number of ether oxygens (including phenoxy) is 1. The number of fused-ring (bicyclic) bond motifs is 1. The molecule has 3 heterocycles. The first-order valence-corrected chi connectivity index (χ1v) is 6.05. The predicted molar refractivity (Wildman–Crippen MR) is 68.5 cm³/mol. The van der Waals surface area contributed by atoms with Gasteiger partial charge in [-0.3, -0.25) is 4.98 Å². The highest BCUT2D eigenvalue weighted by Gasteiger charge is 2.44. The molecular weight excluding hydrogens is 266 g/mol. The molecule has 1 saturated heterocycles. The molecule has 0 unspecified atom stereocenters. The third-order valence-electron chi connectivity index (χ3n) is 3.44. The number of hydrogen-bond donors (Lipinski definition) is 6. The molecule has 0 saturated carbocycles. The van der Waals surface area contributed by atoms with Crippen molar-refractivity contribution in [3.63, 3.8) is 0 Å². The van der Waals surface area contributed by atoms with Crippen molar-refractivity contribution in [1.82, 2.24) is 15.0 Å². The number of nitrogen functional groups attached to an aromatic ring is 2. The minimum absolute atomic E-state index is 0.107. The van der Waals surface area contributed by atoms with E-state index in [1.165, 1.54) is 6.20 Å². The number of rotatable bonds is 2. The maximum atomic E-state index is 10.0. The van der Waals surface area contributed by atoms with E-state index in [1.54, 1.807) is 0 Å². The van der Waals surface area contributed by atoms with Gasteiger partial charge in [0.05, 0.1) is 12.3 Å². The van der Waals surface area contributed by atoms with Crippen molar-refractivity contribution in [3.8, 4) is 11.4 Å². The molecule has 0 aromatic rings. The van der Waals surface area contributed by atoms with Gasteiger partial charge < -0.3 is 36.5 Å². The standard InChI is InChI=1S/C11H15N5O4/c12-10-6-5(15-11(13)16-10)3(1-14-6)9-8(19)7(18)4(2-17)20-9/h1,4,7-9,17-19H,2,12H2,(H3,13,15,16)/t4-,7-,8-,9+/m1/s1. The molecule has 1 fully saturated rings. The van der Waals surface area contributed by atoms with Crippen molar-refractivity contribution in [2.75, 3.05) is 18.1 Å². The van der Waals surface area contributed by atoms with Gasteiger partial charge in [-0.15, -0.1) is 0 Å². The number of H-pyrrole nitrogens is 1. The van der Waals surface area contributed by atoms with Crippen LogP contribution in [-0.2, 0) is 4.74 Å². The summed E-state index contributed by atoms with van der Waals surface area (Å²) in [6.07, 6.45) is -2.56. The molecule has 0 aliphatic carbocycles. The number of aromatic nitrogens is 3. The highest BCUT2D eigenvalue weighted by Crippen LogP contribution is 2.39. The Morgan fingerprint density at radius 2 is 2.05 bits per heavy atom. The fraction of sp³-hybridized carbons (Fsp3) is 0.455. The van der Waals surface area contributed by atoms with Gasteiger partial charge in [0.2, 0.25) is 0 Å². The largest absolute Gasteiger partial charge is 0.394 e. The van der Waals surface area contributed by atoms with E-state index in [1.807, 2.05) is 0 Å². The predicted octanol–water partition coefficient (Wildman–Crippen LogP) is -1.77. The number of aromatic amines is 1. The second-order valence-electron chi connectivity index (χ2n) is 4.70. The summed E-state index contributed by atoms with van der Waals surface area (Å²) in [6.45, 7) is -0.393. The molecule has 20 heavy (non-hydrogen) atoms. The van der Waals surface area contributed by atoms with Gasteiger partial charge in [-0.25, -0.2) is 0 Å². The summed E-state index contributed by atoms with van der Waals surface area (Å²) in [6, 6.07) is 0. The van der Waals surface area contributed by atoms with E-state index in [4.69, 9.17) is 21.3 Å². The summed E-state index contributed by atoms with van der Waals surface area (Å²) in [5, 5.41) is 28.9. The van der Waals surface area contributed by atoms with E-state index in [0.29, 0.717) is 17.0 Å². The minimum atomic E-state index is -1.18. The zero-order valence-electron chi connectivity index (χ0n) is 10.4. The topological polar surface area (TPSA) is 164 Å². The van der Waals surface area contributed by atoms with Crippen molar-refractivity contribution >= 4 is 11.8 Å². The molecule has 3 aliphatic rings. The first-order valence-electron chi connectivity index (χ1n) is 6.05. The lowest BCUT2D eigenvalue weighted by Gasteiger charge is -2.15. The van der Waals surface area contributed by atoms with E-state index in [9.17, 15) is 10.2 Å². The van der Waals surface area contributed by atoms with Gasteiger partial charge in [0.15, 0.2) is 11.8 Å². The van der Waals surface area contributed by atoms with Crippen LogP contribution in [0.3, 0.4) is 0 Å². The van der Waals surface area contributed by atoms with Crippen LogP contribution >= 0.6 is 0 Å². The van der Waals surface area contributed by atoms with E-state index < -0.39 is 31.0 Å². The van der Waals surface area contributed by atoms with Crippen molar-refractivity contribution in [2.45, 2.75) is 24.4 Å². The number of anilines is 2. The molecule has 4 atom stereocenters. The molecule has 0 amide bonds.